The number of methoxy groups -OCH3 is 1. The number of anilines is 2. The van der Waals surface area contributed by atoms with Crippen LogP contribution in [0.25, 0.3) is 0 Å². The number of carbonyl (C=O) groups is 2. The van der Waals surface area contributed by atoms with Gasteiger partial charge in [0.1, 0.15) is 5.92 Å². The molecule has 0 bridgehead atoms. The average molecular weight is 451 g/mol. The number of amides is 2. The Balaban J connectivity index is 1.61. The smallest absolute Gasteiger partial charge is 0.266 e. The quantitative estimate of drug-likeness (QED) is 0.603. The van der Waals surface area contributed by atoms with Crippen LogP contribution in [0, 0.1) is 5.92 Å². The fourth-order valence-electron chi connectivity index (χ4n) is 4.30. The Bertz CT molecular complexity index is 1200. The van der Waals surface area contributed by atoms with Gasteiger partial charge in [-0.3, -0.25) is 14.4 Å². The van der Waals surface area contributed by atoms with E-state index in [4.69, 9.17) is 21.2 Å². The van der Waals surface area contributed by atoms with E-state index in [0.717, 1.165) is 4.90 Å². The SMILES string of the molecule is COc1cc(C2C3C(=O)N(c4cccc(Cl)c4)C(=O)C3ON2c2ccccc2)ccc1O. The molecule has 7 nitrogen and oxygen atoms in total. The molecule has 2 aliphatic rings. The Kier molecular flexibility index (Phi) is 5.00. The van der Waals surface area contributed by atoms with Crippen molar-refractivity contribution in [1.82, 2.24) is 0 Å². The van der Waals surface area contributed by atoms with E-state index in [1.165, 1.54) is 13.2 Å². The Morgan fingerprint density at radius 2 is 1.69 bits per heavy atom. The molecule has 3 atom stereocenters. The first-order valence-electron chi connectivity index (χ1n) is 10.0. The van der Waals surface area contributed by atoms with Crippen LogP contribution in [0.5, 0.6) is 11.5 Å². The summed E-state index contributed by atoms with van der Waals surface area (Å²) in [6.07, 6.45) is -0.994. The van der Waals surface area contributed by atoms with E-state index in [1.807, 2.05) is 30.3 Å². The summed E-state index contributed by atoms with van der Waals surface area (Å²) >= 11 is 6.09. The summed E-state index contributed by atoms with van der Waals surface area (Å²) in [5.74, 6) is -1.38. The monoisotopic (exact) mass is 450 g/mol. The van der Waals surface area contributed by atoms with Crippen molar-refractivity contribution in [3.63, 3.8) is 0 Å². The third-order valence-electron chi connectivity index (χ3n) is 5.74. The molecule has 3 aromatic carbocycles. The van der Waals surface area contributed by atoms with E-state index in [0.29, 0.717) is 22.0 Å². The zero-order chi connectivity index (χ0) is 22.4. The molecule has 2 amide bonds. The van der Waals surface area contributed by atoms with Crippen LogP contribution in [-0.2, 0) is 14.4 Å². The fraction of sp³-hybridized carbons (Fsp3) is 0.167. The normalized spacial score (nSPS) is 22.4. The van der Waals surface area contributed by atoms with Crippen molar-refractivity contribution in [2.45, 2.75) is 12.1 Å². The van der Waals surface area contributed by atoms with Crippen molar-refractivity contribution in [3.8, 4) is 11.5 Å². The first-order valence-corrected chi connectivity index (χ1v) is 10.4. The van der Waals surface area contributed by atoms with Crippen LogP contribution in [0.15, 0.2) is 72.8 Å². The molecule has 3 unspecified atom stereocenters. The summed E-state index contributed by atoms with van der Waals surface area (Å²) in [5, 5.41) is 12.1. The fourth-order valence-corrected chi connectivity index (χ4v) is 4.48. The van der Waals surface area contributed by atoms with Crippen LogP contribution in [0.1, 0.15) is 11.6 Å². The molecule has 2 fully saturated rings. The molecule has 0 aromatic heterocycles. The van der Waals surface area contributed by atoms with Crippen LogP contribution in [-0.4, -0.2) is 30.1 Å². The van der Waals surface area contributed by atoms with Gasteiger partial charge in [0.05, 0.1) is 24.5 Å². The molecular formula is C24H19ClN2O5. The molecule has 32 heavy (non-hydrogen) atoms. The molecule has 5 rings (SSSR count). The molecule has 162 valence electrons. The molecule has 0 saturated carbocycles. The Labute approximate surface area is 189 Å². The van der Waals surface area contributed by atoms with Crippen molar-refractivity contribution in [2.24, 2.45) is 5.92 Å². The number of hydrogen-bond donors (Lipinski definition) is 1. The number of rotatable bonds is 4. The maximum Gasteiger partial charge on any atom is 0.266 e. The number of fused-ring (bicyclic) bond motifs is 1. The van der Waals surface area contributed by atoms with Crippen molar-refractivity contribution in [3.05, 3.63) is 83.4 Å². The van der Waals surface area contributed by atoms with Crippen molar-refractivity contribution >= 4 is 34.8 Å². The molecule has 8 heteroatoms. The average Bonchev–Trinajstić information content (AvgIpc) is 3.31. The molecule has 0 radical (unpaired) electrons. The van der Waals surface area contributed by atoms with Gasteiger partial charge in [-0.05, 0) is 48.0 Å². The standard InChI is InChI=1S/C24H19ClN2O5/c1-31-19-12-14(10-11-18(19)28)21-20-22(32-27(21)16-7-3-2-4-8-16)24(30)26(23(20)29)17-9-5-6-15(25)13-17/h2-13,20-22,28H,1H3. The molecule has 0 spiro atoms. The first kappa shape index (κ1) is 20.4. The number of aromatic hydroxyl groups is 1. The van der Waals surface area contributed by atoms with Gasteiger partial charge in [-0.15, -0.1) is 0 Å². The second kappa shape index (κ2) is 7.85. The highest BCUT2D eigenvalue weighted by atomic mass is 35.5. The summed E-state index contributed by atoms with van der Waals surface area (Å²) < 4.78 is 5.26. The van der Waals surface area contributed by atoms with E-state index in [-0.39, 0.29) is 17.4 Å². The number of carbonyl (C=O) groups excluding carboxylic acids is 2. The minimum absolute atomic E-state index is 0.0210. The number of hydroxylamine groups is 1. The minimum Gasteiger partial charge on any atom is -0.504 e. The van der Waals surface area contributed by atoms with E-state index in [1.54, 1.807) is 41.5 Å². The summed E-state index contributed by atoms with van der Waals surface area (Å²) in [7, 11) is 1.45. The minimum atomic E-state index is -0.994. The number of halogens is 1. The number of para-hydroxylation sites is 1. The van der Waals surface area contributed by atoms with Gasteiger partial charge >= 0.3 is 0 Å². The summed E-state index contributed by atoms with van der Waals surface area (Å²) in [6, 6.07) is 20.1. The molecule has 1 N–H and O–H groups in total. The topological polar surface area (TPSA) is 79.3 Å². The van der Waals surface area contributed by atoms with Crippen LogP contribution in [0.3, 0.4) is 0 Å². The second-order valence-corrected chi connectivity index (χ2v) is 8.02. The van der Waals surface area contributed by atoms with E-state index < -0.39 is 24.0 Å². The molecule has 2 saturated heterocycles. The van der Waals surface area contributed by atoms with Crippen LogP contribution < -0.4 is 14.7 Å². The van der Waals surface area contributed by atoms with E-state index in [2.05, 4.69) is 0 Å². The largest absolute Gasteiger partial charge is 0.504 e. The predicted octanol–water partition coefficient (Wildman–Crippen LogP) is 4.11. The number of phenols is 1. The lowest BCUT2D eigenvalue weighted by Crippen LogP contribution is -2.37. The van der Waals surface area contributed by atoms with Crippen molar-refractivity contribution < 1.29 is 24.3 Å². The van der Waals surface area contributed by atoms with Gasteiger partial charge in [0, 0.05) is 5.02 Å². The number of benzene rings is 3. The molecule has 3 aromatic rings. The summed E-state index contributed by atoms with van der Waals surface area (Å²) in [4.78, 5) is 34.1. The zero-order valence-electron chi connectivity index (χ0n) is 17.0. The summed E-state index contributed by atoms with van der Waals surface area (Å²) in [5.41, 5.74) is 1.78. The van der Waals surface area contributed by atoms with Crippen molar-refractivity contribution in [2.75, 3.05) is 17.1 Å². The lowest BCUT2D eigenvalue weighted by molar-refractivity contribution is -0.126. The molecule has 0 aliphatic carbocycles. The highest BCUT2D eigenvalue weighted by Gasteiger charge is 2.60. The van der Waals surface area contributed by atoms with Gasteiger partial charge < -0.3 is 9.84 Å². The Hall–Kier alpha value is -3.55. The molecule has 2 heterocycles. The van der Waals surface area contributed by atoms with E-state index >= 15 is 0 Å². The maximum atomic E-state index is 13.6. The highest BCUT2D eigenvalue weighted by Crippen LogP contribution is 2.48. The Morgan fingerprint density at radius 1 is 0.938 bits per heavy atom. The lowest BCUT2D eigenvalue weighted by atomic mass is 9.90. The number of nitrogens with zero attached hydrogens (tertiary/aromatic N) is 2. The maximum absolute atomic E-state index is 13.6. The Morgan fingerprint density at radius 3 is 2.41 bits per heavy atom. The van der Waals surface area contributed by atoms with Crippen LogP contribution >= 0.6 is 11.6 Å². The number of phenolic OH excluding ortho intramolecular Hbond substituents is 1. The lowest BCUT2D eigenvalue weighted by Gasteiger charge is -2.29. The van der Waals surface area contributed by atoms with Crippen molar-refractivity contribution in [1.29, 1.82) is 0 Å². The summed E-state index contributed by atoms with van der Waals surface area (Å²) in [6.45, 7) is 0. The number of ether oxygens (including phenoxy) is 1. The van der Waals surface area contributed by atoms with Gasteiger partial charge in [-0.1, -0.05) is 41.9 Å². The van der Waals surface area contributed by atoms with Gasteiger partial charge in [-0.25, -0.2) is 9.96 Å². The van der Waals surface area contributed by atoms with Crippen LogP contribution in [0.2, 0.25) is 5.02 Å². The molecular weight excluding hydrogens is 432 g/mol. The number of imide groups is 1. The third-order valence-corrected chi connectivity index (χ3v) is 5.97. The van der Waals surface area contributed by atoms with Gasteiger partial charge in [0.2, 0.25) is 5.91 Å². The van der Waals surface area contributed by atoms with Gasteiger partial charge in [0.15, 0.2) is 17.6 Å². The highest BCUT2D eigenvalue weighted by molar-refractivity contribution is 6.31. The zero-order valence-corrected chi connectivity index (χ0v) is 17.8. The third kappa shape index (κ3) is 3.18. The second-order valence-electron chi connectivity index (χ2n) is 7.58. The predicted molar refractivity (Wildman–Crippen MR) is 119 cm³/mol. The number of hydrogen-bond acceptors (Lipinski definition) is 6. The van der Waals surface area contributed by atoms with Crippen LogP contribution in [0.4, 0.5) is 11.4 Å². The van der Waals surface area contributed by atoms with Gasteiger partial charge in [-0.2, -0.15) is 0 Å². The molecule has 2 aliphatic heterocycles. The first-order chi connectivity index (χ1) is 15.5. The van der Waals surface area contributed by atoms with Gasteiger partial charge in [0.25, 0.3) is 5.91 Å². The van der Waals surface area contributed by atoms with E-state index in [9.17, 15) is 14.7 Å².